The van der Waals surface area contributed by atoms with E-state index in [0.29, 0.717) is 5.39 Å². The van der Waals surface area contributed by atoms with Crippen LogP contribution in [0.4, 0.5) is 0 Å². The van der Waals surface area contributed by atoms with E-state index in [4.69, 9.17) is 0 Å². The topological polar surface area (TPSA) is 50.7 Å². The molecule has 0 atom stereocenters. The Morgan fingerprint density at radius 2 is 1.78 bits per heavy atom. The first-order valence-corrected chi connectivity index (χ1v) is 6.24. The van der Waals surface area contributed by atoms with Crippen LogP contribution in [0.3, 0.4) is 0 Å². The number of fused-ring (bicyclic) bond motifs is 1. The van der Waals surface area contributed by atoms with Gasteiger partial charge < -0.3 is 4.98 Å². The minimum atomic E-state index is -0.161. The van der Waals surface area contributed by atoms with E-state index >= 15 is 0 Å². The van der Waals surface area contributed by atoms with Crippen molar-refractivity contribution >= 4 is 11.0 Å². The number of hydrogen-bond donors (Lipinski definition) is 1. The summed E-state index contributed by atoms with van der Waals surface area (Å²) in [6, 6.07) is 1.56. The van der Waals surface area contributed by atoms with Gasteiger partial charge in [0.2, 0.25) is 0 Å². The number of H-pyrrole nitrogens is 1. The van der Waals surface area contributed by atoms with Gasteiger partial charge in [0.25, 0.3) is 0 Å². The Bertz CT molecular complexity index is 636. The highest BCUT2D eigenvalue weighted by Crippen LogP contribution is 2.29. The molecule has 0 aliphatic heterocycles. The zero-order chi connectivity index (χ0) is 13.7. The van der Waals surface area contributed by atoms with Crippen LogP contribution in [0.5, 0.6) is 0 Å². The minimum Gasteiger partial charge on any atom is -0.346 e. The molecule has 0 bridgehead atoms. The summed E-state index contributed by atoms with van der Waals surface area (Å²) in [7, 11) is 0. The molecule has 0 saturated carbocycles. The van der Waals surface area contributed by atoms with E-state index in [0.717, 1.165) is 11.3 Å². The summed E-state index contributed by atoms with van der Waals surface area (Å²) in [6.07, 6.45) is 1.68. The maximum Gasteiger partial charge on any atom is 0.192 e. The molecule has 0 aliphatic rings. The van der Waals surface area contributed by atoms with Crippen molar-refractivity contribution < 1.29 is 0 Å². The molecule has 2 heterocycles. The fraction of sp³-hybridized carbons (Fsp3) is 0.571. The molecule has 4 heteroatoms. The number of hydrogen-bond acceptors (Lipinski definition) is 2. The highest BCUT2D eigenvalue weighted by atomic mass is 16.1. The van der Waals surface area contributed by atoms with Crippen LogP contribution in [0.15, 0.2) is 17.1 Å². The van der Waals surface area contributed by atoms with E-state index in [1.54, 1.807) is 12.3 Å². The van der Waals surface area contributed by atoms with Gasteiger partial charge in [-0.15, -0.1) is 0 Å². The molecule has 0 amide bonds. The maximum atomic E-state index is 12.1. The predicted molar refractivity (Wildman–Crippen MR) is 74.0 cm³/mol. The number of nitrogens with one attached hydrogen (secondary N) is 1. The van der Waals surface area contributed by atoms with Gasteiger partial charge in [0.05, 0.1) is 16.6 Å². The van der Waals surface area contributed by atoms with E-state index < -0.39 is 0 Å². The summed E-state index contributed by atoms with van der Waals surface area (Å²) in [4.78, 5) is 15.3. The van der Waals surface area contributed by atoms with Crippen LogP contribution in [0.2, 0.25) is 0 Å². The molecule has 2 aromatic heterocycles. The fourth-order valence-corrected chi connectivity index (χ4v) is 2.07. The van der Waals surface area contributed by atoms with E-state index in [1.165, 1.54) is 0 Å². The van der Waals surface area contributed by atoms with Crippen LogP contribution in [0, 0.1) is 0 Å². The Hall–Kier alpha value is -1.58. The van der Waals surface area contributed by atoms with E-state index in [2.05, 4.69) is 51.6 Å². The molecular weight excluding hydrogens is 226 g/mol. The van der Waals surface area contributed by atoms with Gasteiger partial charge in [-0.3, -0.25) is 4.79 Å². The van der Waals surface area contributed by atoms with Crippen molar-refractivity contribution in [1.29, 1.82) is 0 Å². The van der Waals surface area contributed by atoms with Gasteiger partial charge in [0, 0.05) is 17.7 Å². The molecule has 18 heavy (non-hydrogen) atoms. The molecular formula is C14H21N3O. The van der Waals surface area contributed by atoms with E-state index in [9.17, 15) is 4.79 Å². The first-order valence-electron chi connectivity index (χ1n) is 6.24. The molecule has 0 aliphatic carbocycles. The van der Waals surface area contributed by atoms with Crippen LogP contribution in [0.1, 0.15) is 47.2 Å². The molecule has 0 spiro atoms. The quantitative estimate of drug-likeness (QED) is 0.778. The highest BCUT2D eigenvalue weighted by Gasteiger charge is 2.27. The summed E-state index contributed by atoms with van der Waals surface area (Å²) in [6.45, 7) is 12.5. The van der Waals surface area contributed by atoms with Crippen LogP contribution < -0.4 is 5.43 Å². The molecule has 0 unspecified atom stereocenters. The molecule has 0 aromatic carbocycles. The monoisotopic (exact) mass is 247 g/mol. The molecule has 98 valence electrons. The number of pyridine rings is 1. The largest absolute Gasteiger partial charge is 0.346 e. The van der Waals surface area contributed by atoms with Crippen molar-refractivity contribution in [2.24, 2.45) is 0 Å². The normalized spacial score (nSPS) is 13.2. The lowest BCUT2D eigenvalue weighted by atomic mass is 9.90. The van der Waals surface area contributed by atoms with Gasteiger partial charge in [-0.25, -0.2) is 4.68 Å². The molecule has 2 aromatic rings. The third kappa shape index (κ3) is 1.96. The Morgan fingerprint density at radius 3 is 2.28 bits per heavy atom. The number of aromatic nitrogens is 3. The van der Waals surface area contributed by atoms with Crippen LogP contribution >= 0.6 is 0 Å². The van der Waals surface area contributed by atoms with Gasteiger partial charge in [-0.1, -0.05) is 20.8 Å². The number of aromatic amines is 1. The Kier molecular flexibility index (Phi) is 2.65. The summed E-state index contributed by atoms with van der Waals surface area (Å²) in [5, 5.41) is 5.39. The first kappa shape index (κ1) is 12.9. The van der Waals surface area contributed by atoms with Crippen molar-refractivity contribution in [2.45, 2.75) is 52.5 Å². The summed E-state index contributed by atoms with van der Waals surface area (Å²) in [5.41, 5.74) is 1.38. The van der Waals surface area contributed by atoms with Gasteiger partial charge in [-0.05, 0) is 20.8 Å². The second kappa shape index (κ2) is 3.70. The van der Waals surface area contributed by atoms with Crippen LogP contribution in [-0.4, -0.2) is 14.8 Å². The molecule has 0 fully saturated rings. The Morgan fingerprint density at radius 1 is 1.17 bits per heavy atom. The van der Waals surface area contributed by atoms with Gasteiger partial charge in [-0.2, -0.15) is 5.10 Å². The average Bonchev–Trinajstić information content (AvgIpc) is 2.56. The predicted octanol–water partition coefficient (Wildman–Crippen LogP) is 2.78. The second-order valence-electron chi connectivity index (χ2n) is 6.75. The average molecular weight is 247 g/mol. The molecule has 0 saturated heterocycles. The summed E-state index contributed by atoms with van der Waals surface area (Å²) < 4.78 is 1.91. The third-order valence-electron chi connectivity index (χ3n) is 2.93. The van der Waals surface area contributed by atoms with Gasteiger partial charge in [0.15, 0.2) is 5.43 Å². The van der Waals surface area contributed by atoms with Crippen molar-refractivity contribution in [3.63, 3.8) is 0 Å². The zero-order valence-corrected chi connectivity index (χ0v) is 12.0. The SMILES string of the molecule is CC(C)(C)c1nn(C(C)(C)C)c2[nH]ccc(=O)c12. The lowest BCUT2D eigenvalue weighted by Gasteiger charge is -2.20. The standard InChI is InChI=1S/C14H21N3O/c1-13(2,3)11-10-9(18)7-8-15-12(10)17(16-11)14(4,5)6/h7-8H,1-6H3,(H,15,18). The van der Waals surface area contributed by atoms with Crippen molar-refractivity contribution in [3.8, 4) is 0 Å². The van der Waals surface area contributed by atoms with E-state index in [-0.39, 0.29) is 16.4 Å². The number of nitrogens with zero attached hydrogens (tertiary/aromatic N) is 2. The fourth-order valence-electron chi connectivity index (χ4n) is 2.07. The zero-order valence-electron chi connectivity index (χ0n) is 12.0. The smallest absolute Gasteiger partial charge is 0.192 e. The van der Waals surface area contributed by atoms with Crippen LogP contribution in [0.25, 0.3) is 11.0 Å². The summed E-state index contributed by atoms with van der Waals surface area (Å²) >= 11 is 0. The molecule has 1 N–H and O–H groups in total. The Labute approximate surface area is 107 Å². The second-order valence-corrected chi connectivity index (χ2v) is 6.75. The molecule has 4 nitrogen and oxygen atoms in total. The minimum absolute atomic E-state index is 0.0316. The Balaban J connectivity index is 2.94. The lowest BCUT2D eigenvalue weighted by Crippen LogP contribution is -2.24. The third-order valence-corrected chi connectivity index (χ3v) is 2.93. The summed E-state index contributed by atoms with van der Waals surface area (Å²) in [5.74, 6) is 0. The lowest BCUT2D eigenvalue weighted by molar-refractivity contribution is 0.358. The van der Waals surface area contributed by atoms with E-state index in [1.807, 2.05) is 4.68 Å². The maximum absolute atomic E-state index is 12.1. The van der Waals surface area contributed by atoms with Crippen molar-refractivity contribution in [1.82, 2.24) is 14.8 Å². The first-order chi connectivity index (χ1) is 8.12. The van der Waals surface area contributed by atoms with Gasteiger partial charge >= 0.3 is 0 Å². The molecule has 0 radical (unpaired) electrons. The van der Waals surface area contributed by atoms with Gasteiger partial charge in [0.1, 0.15) is 5.65 Å². The number of rotatable bonds is 0. The van der Waals surface area contributed by atoms with Crippen molar-refractivity contribution in [2.75, 3.05) is 0 Å². The highest BCUT2D eigenvalue weighted by molar-refractivity contribution is 5.79. The van der Waals surface area contributed by atoms with Crippen molar-refractivity contribution in [3.05, 3.63) is 28.2 Å². The van der Waals surface area contributed by atoms with Crippen LogP contribution in [-0.2, 0) is 11.0 Å². The molecule has 2 rings (SSSR count).